The van der Waals surface area contributed by atoms with E-state index in [9.17, 15) is 4.79 Å². The van der Waals surface area contributed by atoms with Crippen LogP contribution in [0.5, 0.6) is 0 Å². The monoisotopic (exact) mass is 247 g/mol. The van der Waals surface area contributed by atoms with E-state index in [4.69, 9.17) is 5.11 Å². The minimum atomic E-state index is -0.985. The summed E-state index contributed by atoms with van der Waals surface area (Å²) in [5.74, 6) is -0.985. The van der Waals surface area contributed by atoms with Crippen molar-refractivity contribution in [1.29, 1.82) is 0 Å². The van der Waals surface area contributed by atoms with Gasteiger partial charge in [0, 0.05) is 15.5 Å². The Bertz CT molecular complexity index is 566. The molecular weight excluding hydrogens is 234 g/mol. The van der Waals surface area contributed by atoms with Crippen LogP contribution >= 0.6 is 11.8 Å². The van der Waals surface area contributed by atoms with Gasteiger partial charge < -0.3 is 5.11 Å². The van der Waals surface area contributed by atoms with Gasteiger partial charge in [-0.15, -0.1) is 11.8 Å². The van der Waals surface area contributed by atoms with Crippen LogP contribution in [-0.4, -0.2) is 21.3 Å². The van der Waals surface area contributed by atoms with Gasteiger partial charge in [0.2, 0.25) is 0 Å². The Kier molecular flexibility index (Phi) is 3.33. The van der Waals surface area contributed by atoms with Crippen molar-refractivity contribution in [3.05, 3.63) is 36.0 Å². The minimum absolute atomic E-state index is 0.104. The van der Waals surface area contributed by atoms with E-state index in [1.807, 2.05) is 24.3 Å². The Morgan fingerprint density at radius 3 is 2.71 bits per heavy atom. The van der Waals surface area contributed by atoms with Crippen molar-refractivity contribution in [2.45, 2.75) is 24.0 Å². The number of para-hydroxylation sites is 1. The molecule has 0 amide bonds. The lowest BCUT2D eigenvalue weighted by molar-refractivity contribution is 0.0690. The van der Waals surface area contributed by atoms with Crippen LogP contribution < -0.4 is 0 Å². The third-order valence-corrected chi connectivity index (χ3v) is 3.32. The van der Waals surface area contributed by atoms with E-state index in [0.717, 1.165) is 15.8 Å². The Morgan fingerprint density at radius 1 is 1.35 bits per heavy atom. The van der Waals surface area contributed by atoms with Gasteiger partial charge in [0.25, 0.3) is 0 Å². The lowest BCUT2D eigenvalue weighted by Crippen LogP contribution is -2.01. The molecule has 1 aromatic heterocycles. The zero-order valence-corrected chi connectivity index (χ0v) is 10.5. The van der Waals surface area contributed by atoms with E-state index < -0.39 is 5.97 Å². The molecule has 1 heterocycles. The maximum Gasteiger partial charge on any atom is 0.354 e. The number of aromatic carboxylic acids is 1. The molecule has 1 N–H and O–H groups in total. The van der Waals surface area contributed by atoms with Gasteiger partial charge in [-0.1, -0.05) is 32.0 Å². The van der Waals surface area contributed by atoms with E-state index in [1.54, 1.807) is 17.8 Å². The van der Waals surface area contributed by atoms with Crippen molar-refractivity contribution >= 4 is 28.6 Å². The molecule has 0 radical (unpaired) electrons. The van der Waals surface area contributed by atoms with Crippen molar-refractivity contribution in [3.8, 4) is 0 Å². The standard InChI is InChI=1S/C13H13NO2S/c1-8(2)17-12-7-11(13(15)16)14-10-6-4-3-5-9(10)12/h3-8H,1-2H3,(H,15,16). The van der Waals surface area contributed by atoms with Gasteiger partial charge in [0.05, 0.1) is 5.52 Å². The Labute approximate surface area is 104 Å². The largest absolute Gasteiger partial charge is 0.477 e. The van der Waals surface area contributed by atoms with E-state index >= 15 is 0 Å². The zero-order valence-electron chi connectivity index (χ0n) is 9.68. The predicted molar refractivity (Wildman–Crippen MR) is 69.7 cm³/mol. The fourth-order valence-electron chi connectivity index (χ4n) is 1.60. The van der Waals surface area contributed by atoms with Gasteiger partial charge in [-0.25, -0.2) is 9.78 Å². The molecule has 3 nitrogen and oxygen atoms in total. The Hall–Kier alpha value is -1.55. The molecule has 88 valence electrons. The molecule has 0 aliphatic heterocycles. The first kappa shape index (κ1) is 11.9. The summed E-state index contributed by atoms with van der Waals surface area (Å²) >= 11 is 1.66. The van der Waals surface area contributed by atoms with Crippen LogP contribution in [0.2, 0.25) is 0 Å². The van der Waals surface area contributed by atoms with Crippen LogP contribution in [0, 0.1) is 0 Å². The highest BCUT2D eigenvalue weighted by Crippen LogP contribution is 2.30. The number of hydrogen-bond acceptors (Lipinski definition) is 3. The summed E-state index contributed by atoms with van der Waals surface area (Å²) < 4.78 is 0. The van der Waals surface area contributed by atoms with Crippen molar-refractivity contribution in [2.24, 2.45) is 0 Å². The van der Waals surface area contributed by atoms with Crippen LogP contribution in [0.4, 0.5) is 0 Å². The molecule has 17 heavy (non-hydrogen) atoms. The second kappa shape index (κ2) is 4.75. The van der Waals surface area contributed by atoms with Gasteiger partial charge >= 0.3 is 5.97 Å². The summed E-state index contributed by atoms with van der Waals surface area (Å²) in [6.45, 7) is 4.17. The normalized spacial score (nSPS) is 11.0. The second-order valence-electron chi connectivity index (χ2n) is 3.99. The van der Waals surface area contributed by atoms with Crippen LogP contribution in [0.15, 0.2) is 35.2 Å². The molecular formula is C13H13NO2S. The maximum atomic E-state index is 11.0. The molecule has 0 aliphatic rings. The van der Waals surface area contributed by atoms with Gasteiger partial charge in [0.15, 0.2) is 0 Å². The number of benzene rings is 1. The van der Waals surface area contributed by atoms with Crippen molar-refractivity contribution in [3.63, 3.8) is 0 Å². The number of rotatable bonds is 3. The number of fused-ring (bicyclic) bond motifs is 1. The van der Waals surface area contributed by atoms with Gasteiger partial charge in [0.1, 0.15) is 5.69 Å². The van der Waals surface area contributed by atoms with Crippen molar-refractivity contribution < 1.29 is 9.90 Å². The molecule has 2 rings (SSSR count). The first-order valence-corrected chi connectivity index (χ1v) is 6.25. The number of carbonyl (C=O) groups is 1. The molecule has 0 saturated carbocycles. The van der Waals surface area contributed by atoms with Gasteiger partial charge in [-0.05, 0) is 12.1 Å². The van der Waals surface area contributed by atoms with Crippen molar-refractivity contribution in [2.75, 3.05) is 0 Å². The quantitative estimate of drug-likeness (QED) is 0.844. The molecule has 2 aromatic rings. The molecule has 0 fully saturated rings. The van der Waals surface area contributed by atoms with Crippen LogP contribution in [0.25, 0.3) is 10.9 Å². The van der Waals surface area contributed by atoms with E-state index in [2.05, 4.69) is 18.8 Å². The zero-order chi connectivity index (χ0) is 12.4. The summed E-state index contributed by atoms with van der Waals surface area (Å²) in [4.78, 5) is 16.1. The Balaban J connectivity index is 2.64. The molecule has 1 aromatic carbocycles. The van der Waals surface area contributed by atoms with Gasteiger partial charge in [-0.3, -0.25) is 0 Å². The molecule has 0 aliphatic carbocycles. The Morgan fingerprint density at radius 2 is 2.06 bits per heavy atom. The van der Waals surface area contributed by atoms with Crippen LogP contribution in [0.3, 0.4) is 0 Å². The first-order chi connectivity index (χ1) is 8.08. The molecule has 0 unspecified atom stereocenters. The average molecular weight is 247 g/mol. The summed E-state index contributed by atoms with van der Waals surface area (Å²) in [5.41, 5.74) is 0.836. The van der Waals surface area contributed by atoms with E-state index in [1.165, 1.54) is 0 Å². The van der Waals surface area contributed by atoms with E-state index in [-0.39, 0.29) is 5.69 Å². The number of hydrogen-bond donors (Lipinski definition) is 1. The number of thioether (sulfide) groups is 1. The minimum Gasteiger partial charge on any atom is -0.477 e. The highest BCUT2D eigenvalue weighted by molar-refractivity contribution is 8.00. The molecule has 0 spiro atoms. The topological polar surface area (TPSA) is 50.2 Å². The van der Waals surface area contributed by atoms with E-state index in [0.29, 0.717) is 5.25 Å². The lowest BCUT2D eigenvalue weighted by atomic mass is 10.2. The summed E-state index contributed by atoms with van der Waals surface area (Å²) in [6.07, 6.45) is 0. The fraction of sp³-hybridized carbons (Fsp3) is 0.231. The second-order valence-corrected chi connectivity index (χ2v) is 5.61. The third-order valence-electron chi connectivity index (χ3n) is 2.26. The number of aromatic nitrogens is 1. The van der Waals surface area contributed by atoms with Crippen molar-refractivity contribution in [1.82, 2.24) is 4.98 Å². The third kappa shape index (κ3) is 2.58. The smallest absolute Gasteiger partial charge is 0.354 e. The number of pyridine rings is 1. The summed E-state index contributed by atoms with van der Waals surface area (Å²) in [5, 5.41) is 10.4. The fourth-order valence-corrected chi connectivity index (χ4v) is 2.59. The number of carboxylic acid groups (broad SMARTS) is 1. The number of carboxylic acids is 1. The number of nitrogens with zero attached hydrogens (tertiary/aromatic N) is 1. The highest BCUT2D eigenvalue weighted by atomic mass is 32.2. The predicted octanol–water partition coefficient (Wildman–Crippen LogP) is 3.43. The highest BCUT2D eigenvalue weighted by Gasteiger charge is 2.11. The maximum absolute atomic E-state index is 11.0. The van der Waals surface area contributed by atoms with Crippen LogP contribution in [-0.2, 0) is 0 Å². The summed E-state index contributed by atoms with van der Waals surface area (Å²) in [6, 6.07) is 9.26. The first-order valence-electron chi connectivity index (χ1n) is 5.37. The molecule has 0 atom stereocenters. The molecule has 0 bridgehead atoms. The van der Waals surface area contributed by atoms with Crippen LogP contribution in [0.1, 0.15) is 24.3 Å². The molecule has 0 saturated heterocycles. The summed E-state index contributed by atoms with van der Waals surface area (Å²) in [7, 11) is 0. The molecule has 4 heteroatoms. The SMILES string of the molecule is CC(C)Sc1cc(C(=O)O)nc2ccccc12. The van der Waals surface area contributed by atoms with Gasteiger partial charge in [-0.2, -0.15) is 0 Å². The lowest BCUT2D eigenvalue weighted by Gasteiger charge is -2.09. The average Bonchev–Trinajstić information content (AvgIpc) is 2.28.